The van der Waals surface area contributed by atoms with Gasteiger partial charge in [0.15, 0.2) is 11.5 Å². The van der Waals surface area contributed by atoms with E-state index in [9.17, 15) is 9.59 Å². The predicted molar refractivity (Wildman–Crippen MR) is 92.9 cm³/mol. The maximum Gasteiger partial charge on any atom is 0.247 e. The summed E-state index contributed by atoms with van der Waals surface area (Å²) in [5.74, 6) is 1.03. The number of rotatable bonds is 3. The molecule has 0 aromatic heterocycles. The lowest BCUT2D eigenvalue weighted by Gasteiger charge is -2.24. The summed E-state index contributed by atoms with van der Waals surface area (Å²) >= 11 is 0. The van der Waals surface area contributed by atoms with Crippen LogP contribution >= 0.6 is 0 Å². The second-order valence-electron chi connectivity index (χ2n) is 6.21. The van der Waals surface area contributed by atoms with Gasteiger partial charge in [-0.25, -0.2) is 0 Å². The van der Waals surface area contributed by atoms with Gasteiger partial charge in [0.05, 0.1) is 0 Å². The molecule has 25 heavy (non-hydrogen) atoms. The van der Waals surface area contributed by atoms with Crippen LogP contribution in [0.3, 0.4) is 0 Å². The average molecular weight is 338 g/mol. The molecule has 2 aliphatic heterocycles. The number of carbonyl (C=O) groups excluding carboxylic acids is 2. The molecule has 0 spiro atoms. The zero-order chi connectivity index (χ0) is 17.4. The van der Waals surface area contributed by atoms with Crippen molar-refractivity contribution >= 4 is 23.2 Å². The van der Waals surface area contributed by atoms with E-state index in [0.29, 0.717) is 30.0 Å². The molecule has 0 bridgehead atoms. The van der Waals surface area contributed by atoms with Gasteiger partial charge in [0.25, 0.3) is 0 Å². The number of aryl methyl sites for hydroxylation is 1. The second kappa shape index (κ2) is 6.12. The molecule has 2 aromatic rings. The minimum Gasteiger partial charge on any atom is -0.454 e. The van der Waals surface area contributed by atoms with Gasteiger partial charge in [-0.1, -0.05) is 17.7 Å². The van der Waals surface area contributed by atoms with E-state index in [1.54, 1.807) is 23.1 Å². The topological polar surface area (TPSA) is 67.9 Å². The highest BCUT2D eigenvalue weighted by Gasteiger charge is 2.37. The fourth-order valence-electron chi connectivity index (χ4n) is 3.16. The molecule has 1 N–H and O–H groups in total. The maximum atomic E-state index is 12.7. The van der Waals surface area contributed by atoms with Crippen molar-refractivity contribution in [2.45, 2.75) is 25.8 Å². The largest absolute Gasteiger partial charge is 0.454 e. The van der Waals surface area contributed by atoms with Crippen molar-refractivity contribution in [3.05, 3.63) is 48.0 Å². The molecule has 2 aromatic carbocycles. The van der Waals surface area contributed by atoms with Crippen LogP contribution in [0.1, 0.15) is 18.4 Å². The number of amides is 2. The van der Waals surface area contributed by atoms with Crippen molar-refractivity contribution in [3.63, 3.8) is 0 Å². The van der Waals surface area contributed by atoms with E-state index in [4.69, 9.17) is 9.47 Å². The van der Waals surface area contributed by atoms with Gasteiger partial charge in [0.2, 0.25) is 18.6 Å². The molecule has 1 fully saturated rings. The molecule has 4 rings (SSSR count). The highest BCUT2D eigenvalue weighted by Crippen LogP contribution is 2.34. The Morgan fingerprint density at radius 2 is 1.88 bits per heavy atom. The molecule has 0 saturated carbocycles. The van der Waals surface area contributed by atoms with Crippen molar-refractivity contribution in [2.75, 3.05) is 17.0 Å². The number of hydrogen-bond acceptors (Lipinski definition) is 4. The molecule has 0 radical (unpaired) electrons. The number of nitrogens with zero attached hydrogens (tertiary/aromatic N) is 1. The summed E-state index contributed by atoms with van der Waals surface area (Å²) < 4.78 is 10.6. The zero-order valence-electron chi connectivity index (χ0n) is 13.8. The number of carbonyl (C=O) groups is 2. The first-order chi connectivity index (χ1) is 12.1. The number of nitrogens with one attached hydrogen (secondary N) is 1. The van der Waals surface area contributed by atoms with Crippen LogP contribution in [0.5, 0.6) is 11.5 Å². The third-order valence-electron chi connectivity index (χ3n) is 4.47. The summed E-state index contributed by atoms with van der Waals surface area (Å²) in [6.45, 7) is 2.17. The highest BCUT2D eigenvalue weighted by atomic mass is 16.7. The Kier molecular flexibility index (Phi) is 3.80. The van der Waals surface area contributed by atoms with E-state index >= 15 is 0 Å². The number of fused-ring (bicyclic) bond motifs is 1. The van der Waals surface area contributed by atoms with Gasteiger partial charge in [-0.05, 0) is 37.6 Å². The first-order valence-electron chi connectivity index (χ1n) is 8.21. The van der Waals surface area contributed by atoms with Crippen LogP contribution in [0.2, 0.25) is 0 Å². The summed E-state index contributed by atoms with van der Waals surface area (Å²) in [5, 5.41) is 2.88. The van der Waals surface area contributed by atoms with Crippen molar-refractivity contribution in [1.29, 1.82) is 0 Å². The third-order valence-corrected chi connectivity index (χ3v) is 4.47. The molecule has 6 heteroatoms. The highest BCUT2D eigenvalue weighted by molar-refractivity contribution is 6.07. The Hall–Kier alpha value is -3.02. The summed E-state index contributed by atoms with van der Waals surface area (Å²) in [7, 11) is 0. The van der Waals surface area contributed by atoms with Crippen LogP contribution in [-0.4, -0.2) is 24.6 Å². The van der Waals surface area contributed by atoms with E-state index in [-0.39, 0.29) is 18.6 Å². The van der Waals surface area contributed by atoms with Crippen LogP contribution in [0.25, 0.3) is 0 Å². The molecule has 6 nitrogen and oxygen atoms in total. The first-order valence-corrected chi connectivity index (χ1v) is 8.21. The van der Waals surface area contributed by atoms with Crippen molar-refractivity contribution in [2.24, 2.45) is 0 Å². The van der Waals surface area contributed by atoms with Gasteiger partial charge in [-0.15, -0.1) is 0 Å². The van der Waals surface area contributed by atoms with Gasteiger partial charge in [-0.2, -0.15) is 0 Å². The van der Waals surface area contributed by atoms with Crippen LogP contribution < -0.4 is 19.7 Å². The summed E-state index contributed by atoms with van der Waals surface area (Å²) in [5.41, 5.74) is 2.48. The second-order valence-corrected chi connectivity index (χ2v) is 6.21. The van der Waals surface area contributed by atoms with Crippen LogP contribution in [0.15, 0.2) is 42.5 Å². The molecule has 1 saturated heterocycles. The van der Waals surface area contributed by atoms with Crippen molar-refractivity contribution in [1.82, 2.24) is 0 Å². The lowest BCUT2D eigenvalue weighted by atomic mass is 10.1. The van der Waals surface area contributed by atoms with Crippen LogP contribution in [0.4, 0.5) is 11.4 Å². The minimum atomic E-state index is -0.513. The van der Waals surface area contributed by atoms with E-state index in [1.165, 1.54) is 0 Å². The average Bonchev–Trinajstić information content (AvgIpc) is 3.21. The lowest BCUT2D eigenvalue weighted by Crippen LogP contribution is -2.41. The SMILES string of the molecule is Cc1ccc(N2C(=O)CCC2C(=O)Nc2ccc3c(c2)OCO3)cc1. The molecule has 2 aliphatic rings. The quantitative estimate of drug-likeness (QED) is 0.934. The number of anilines is 2. The Balaban J connectivity index is 1.54. The first kappa shape index (κ1) is 15.5. The lowest BCUT2D eigenvalue weighted by molar-refractivity contribution is -0.120. The van der Waals surface area contributed by atoms with E-state index in [2.05, 4.69) is 5.32 Å². The smallest absolute Gasteiger partial charge is 0.247 e. The molecular weight excluding hydrogens is 320 g/mol. The Morgan fingerprint density at radius 3 is 2.68 bits per heavy atom. The monoisotopic (exact) mass is 338 g/mol. The molecule has 1 unspecified atom stereocenters. The van der Waals surface area contributed by atoms with Gasteiger partial charge < -0.3 is 14.8 Å². The van der Waals surface area contributed by atoms with Crippen LogP contribution in [-0.2, 0) is 9.59 Å². The Bertz CT molecular complexity index is 832. The summed E-state index contributed by atoms with van der Waals surface area (Å²) in [6.07, 6.45) is 0.871. The Morgan fingerprint density at radius 1 is 1.12 bits per heavy atom. The van der Waals surface area contributed by atoms with Crippen LogP contribution in [0, 0.1) is 6.92 Å². The van der Waals surface area contributed by atoms with E-state index in [0.717, 1.165) is 11.3 Å². The van der Waals surface area contributed by atoms with E-state index < -0.39 is 6.04 Å². The maximum absolute atomic E-state index is 12.7. The fourth-order valence-corrected chi connectivity index (χ4v) is 3.16. The zero-order valence-corrected chi connectivity index (χ0v) is 13.8. The summed E-state index contributed by atoms with van der Waals surface area (Å²) in [4.78, 5) is 26.6. The normalized spacial score (nSPS) is 18.5. The van der Waals surface area contributed by atoms with Gasteiger partial charge in [0, 0.05) is 23.9 Å². The molecule has 1 atom stereocenters. The number of hydrogen-bond donors (Lipinski definition) is 1. The molecule has 2 heterocycles. The van der Waals surface area contributed by atoms with Gasteiger partial charge in [0.1, 0.15) is 6.04 Å². The Labute approximate surface area is 145 Å². The molecule has 128 valence electrons. The molecule has 2 amide bonds. The van der Waals surface area contributed by atoms with Gasteiger partial charge >= 0.3 is 0 Å². The predicted octanol–water partition coefficient (Wildman–Crippen LogP) is 2.86. The van der Waals surface area contributed by atoms with Crippen molar-refractivity contribution < 1.29 is 19.1 Å². The van der Waals surface area contributed by atoms with Crippen molar-refractivity contribution in [3.8, 4) is 11.5 Å². The molecular formula is C19H18N2O4. The summed E-state index contributed by atoms with van der Waals surface area (Å²) in [6, 6.07) is 12.4. The standard InChI is InChI=1S/C19H18N2O4/c1-12-2-5-14(6-3-12)21-15(7-9-18(21)22)19(23)20-13-4-8-16-17(10-13)25-11-24-16/h2-6,8,10,15H,7,9,11H2,1H3,(H,20,23). The third kappa shape index (κ3) is 2.91. The molecule has 0 aliphatic carbocycles. The number of benzene rings is 2. The number of ether oxygens (including phenoxy) is 2. The van der Waals surface area contributed by atoms with Gasteiger partial charge in [-0.3, -0.25) is 14.5 Å². The van der Waals surface area contributed by atoms with E-state index in [1.807, 2.05) is 31.2 Å². The fraction of sp³-hybridized carbons (Fsp3) is 0.263. The minimum absolute atomic E-state index is 0.0327.